The van der Waals surface area contributed by atoms with Crippen molar-refractivity contribution in [2.45, 2.75) is 19.1 Å². The molecule has 0 unspecified atom stereocenters. The Bertz CT molecular complexity index is 706. The van der Waals surface area contributed by atoms with E-state index < -0.39 is 0 Å². The number of nitrogens with one attached hydrogen (secondary N) is 3. The molecule has 3 rings (SSSR count). The third-order valence-corrected chi connectivity index (χ3v) is 4.62. The number of benzene rings is 1. The molecule has 134 valence electrons. The van der Waals surface area contributed by atoms with Gasteiger partial charge in [-0.2, -0.15) is 0 Å². The largest absolute Gasteiger partial charge is 0.375 e. The Hall–Kier alpha value is -1.93. The van der Waals surface area contributed by atoms with E-state index in [0.717, 1.165) is 0 Å². The average molecular weight is 382 g/mol. The van der Waals surface area contributed by atoms with Crippen molar-refractivity contribution < 1.29 is 14.3 Å². The number of anilines is 2. The molecule has 0 radical (unpaired) electrons. The summed E-state index contributed by atoms with van der Waals surface area (Å²) in [5.41, 5.74) is 1.35. The van der Waals surface area contributed by atoms with Gasteiger partial charge in [0.15, 0.2) is 0 Å². The fraction of sp³-hybridized carbons (Fsp3) is 0.294. The van der Waals surface area contributed by atoms with Crippen molar-refractivity contribution >= 4 is 46.9 Å². The first kappa shape index (κ1) is 19.4. The van der Waals surface area contributed by atoms with Gasteiger partial charge in [0.1, 0.15) is 6.04 Å². The second-order valence-electron chi connectivity index (χ2n) is 5.51. The number of carbonyl (C=O) groups excluding carboxylic acids is 2. The van der Waals surface area contributed by atoms with Crippen molar-refractivity contribution in [2.24, 2.45) is 0 Å². The van der Waals surface area contributed by atoms with E-state index in [4.69, 9.17) is 4.74 Å². The molecule has 1 aliphatic heterocycles. The molecule has 6 nitrogen and oxygen atoms in total. The topological polar surface area (TPSA) is 79.5 Å². The number of halogens is 1. The normalized spacial score (nSPS) is 19.6. The van der Waals surface area contributed by atoms with E-state index in [1.807, 2.05) is 18.4 Å². The van der Waals surface area contributed by atoms with Gasteiger partial charge in [0, 0.05) is 17.9 Å². The molecule has 0 aliphatic carbocycles. The van der Waals surface area contributed by atoms with Crippen LogP contribution in [0.25, 0.3) is 0 Å². The number of amides is 2. The van der Waals surface area contributed by atoms with Gasteiger partial charge in [-0.05, 0) is 42.6 Å². The molecule has 0 saturated carbocycles. The summed E-state index contributed by atoms with van der Waals surface area (Å²) < 4.78 is 5.48. The van der Waals surface area contributed by atoms with Crippen molar-refractivity contribution in [3.8, 4) is 0 Å². The summed E-state index contributed by atoms with van der Waals surface area (Å²) in [7, 11) is 0. The molecule has 1 saturated heterocycles. The van der Waals surface area contributed by atoms with E-state index in [2.05, 4.69) is 16.0 Å². The van der Waals surface area contributed by atoms with Crippen LogP contribution >= 0.6 is 23.7 Å². The third-order valence-electron chi connectivity index (χ3n) is 3.75. The number of hydrogen-bond donors (Lipinski definition) is 3. The third kappa shape index (κ3) is 5.02. The Morgan fingerprint density at radius 3 is 2.44 bits per heavy atom. The lowest BCUT2D eigenvalue weighted by Crippen LogP contribution is -2.53. The van der Waals surface area contributed by atoms with Crippen LogP contribution in [-0.2, 0) is 9.53 Å². The second-order valence-corrected chi connectivity index (χ2v) is 6.45. The van der Waals surface area contributed by atoms with E-state index in [9.17, 15) is 9.59 Å². The van der Waals surface area contributed by atoms with Crippen molar-refractivity contribution in [2.75, 3.05) is 23.8 Å². The standard InChI is InChI=1S/C17H19N3O3S.ClH/c1-11-15(18-8-9-23-11)17(22)20-13-6-4-12(5-7-13)19-16(21)14-3-2-10-24-14;/h2-7,10-11,15,18H,8-9H2,1H3,(H,19,21)(H,20,22);1H/t11-,15+;/m1./s1. The maximum absolute atomic E-state index is 12.3. The van der Waals surface area contributed by atoms with Crippen LogP contribution in [0.2, 0.25) is 0 Å². The van der Waals surface area contributed by atoms with E-state index in [1.54, 1.807) is 30.3 Å². The maximum Gasteiger partial charge on any atom is 0.265 e. The minimum absolute atomic E-state index is 0. The van der Waals surface area contributed by atoms with Gasteiger partial charge >= 0.3 is 0 Å². The van der Waals surface area contributed by atoms with Crippen molar-refractivity contribution in [3.63, 3.8) is 0 Å². The Kier molecular flexibility index (Phi) is 6.95. The molecule has 1 fully saturated rings. The summed E-state index contributed by atoms with van der Waals surface area (Å²) in [4.78, 5) is 24.9. The van der Waals surface area contributed by atoms with Crippen LogP contribution < -0.4 is 16.0 Å². The molecule has 3 N–H and O–H groups in total. The molecule has 1 aliphatic rings. The predicted molar refractivity (Wildman–Crippen MR) is 102 cm³/mol. The molecule has 2 amide bonds. The van der Waals surface area contributed by atoms with Crippen LogP contribution in [0.3, 0.4) is 0 Å². The van der Waals surface area contributed by atoms with Gasteiger partial charge < -0.3 is 20.7 Å². The second kappa shape index (κ2) is 8.96. The number of ether oxygens (including phenoxy) is 1. The van der Waals surface area contributed by atoms with Gasteiger partial charge in [0.05, 0.1) is 17.6 Å². The molecule has 1 aromatic carbocycles. The zero-order chi connectivity index (χ0) is 16.9. The molecule has 2 aromatic rings. The van der Waals surface area contributed by atoms with E-state index in [-0.39, 0.29) is 36.4 Å². The van der Waals surface area contributed by atoms with Gasteiger partial charge in [-0.3, -0.25) is 9.59 Å². The SMILES string of the molecule is C[C@H]1OCCN[C@@H]1C(=O)Nc1ccc(NC(=O)c2cccs2)cc1.Cl. The monoisotopic (exact) mass is 381 g/mol. The maximum atomic E-state index is 12.3. The van der Waals surface area contributed by atoms with Gasteiger partial charge in [0.2, 0.25) is 5.91 Å². The fourth-order valence-corrected chi connectivity index (χ4v) is 3.10. The Balaban J connectivity index is 0.00000225. The lowest BCUT2D eigenvalue weighted by atomic mass is 10.1. The van der Waals surface area contributed by atoms with E-state index >= 15 is 0 Å². The lowest BCUT2D eigenvalue weighted by Gasteiger charge is -2.29. The van der Waals surface area contributed by atoms with Crippen LogP contribution in [0.5, 0.6) is 0 Å². The smallest absolute Gasteiger partial charge is 0.265 e. The van der Waals surface area contributed by atoms with Crippen molar-refractivity contribution in [3.05, 3.63) is 46.7 Å². The summed E-state index contributed by atoms with van der Waals surface area (Å²) in [6.07, 6.45) is -0.164. The van der Waals surface area contributed by atoms with Gasteiger partial charge in [-0.25, -0.2) is 0 Å². The number of morpholine rings is 1. The highest BCUT2D eigenvalue weighted by Gasteiger charge is 2.28. The van der Waals surface area contributed by atoms with Crippen molar-refractivity contribution in [1.82, 2.24) is 5.32 Å². The molecule has 0 spiro atoms. The van der Waals surface area contributed by atoms with Crippen LogP contribution in [0.4, 0.5) is 11.4 Å². The summed E-state index contributed by atoms with van der Waals surface area (Å²) >= 11 is 1.39. The van der Waals surface area contributed by atoms with Crippen LogP contribution in [0.15, 0.2) is 41.8 Å². The highest BCUT2D eigenvalue weighted by Crippen LogP contribution is 2.17. The lowest BCUT2D eigenvalue weighted by molar-refractivity contribution is -0.123. The summed E-state index contributed by atoms with van der Waals surface area (Å²) in [6, 6.07) is 10.3. The average Bonchev–Trinajstić information content (AvgIpc) is 3.11. The molecule has 0 bridgehead atoms. The first-order valence-corrected chi connectivity index (χ1v) is 8.62. The molecule has 2 heterocycles. The zero-order valence-corrected chi connectivity index (χ0v) is 15.3. The van der Waals surface area contributed by atoms with Crippen LogP contribution in [-0.4, -0.2) is 37.1 Å². The van der Waals surface area contributed by atoms with Gasteiger partial charge in [-0.15, -0.1) is 23.7 Å². The highest BCUT2D eigenvalue weighted by molar-refractivity contribution is 7.12. The quantitative estimate of drug-likeness (QED) is 0.760. The number of thiophene rings is 1. The molecular formula is C17H20ClN3O3S. The molecular weight excluding hydrogens is 362 g/mol. The summed E-state index contributed by atoms with van der Waals surface area (Å²) in [6.45, 7) is 3.15. The summed E-state index contributed by atoms with van der Waals surface area (Å²) in [5, 5.41) is 10.7. The van der Waals surface area contributed by atoms with Crippen molar-refractivity contribution in [1.29, 1.82) is 0 Å². The van der Waals surface area contributed by atoms with Gasteiger partial charge in [-0.1, -0.05) is 6.07 Å². The number of rotatable bonds is 4. The molecule has 8 heteroatoms. The van der Waals surface area contributed by atoms with Gasteiger partial charge in [0.25, 0.3) is 5.91 Å². The zero-order valence-electron chi connectivity index (χ0n) is 13.7. The first-order chi connectivity index (χ1) is 11.6. The highest BCUT2D eigenvalue weighted by atomic mass is 35.5. The van der Waals surface area contributed by atoms with Crippen LogP contribution in [0.1, 0.15) is 16.6 Å². The minimum atomic E-state index is -0.364. The summed E-state index contributed by atoms with van der Waals surface area (Å²) in [5.74, 6) is -0.267. The molecule has 25 heavy (non-hydrogen) atoms. The molecule has 2 atom stereocenters. The Morgan fingerprint density at radius 1 is 1.16 bits per heavy atom. The number of hydrogen-bond acceptors (Lipinski definition) is 5. The van der Waals surface area contributed by atoms with Crippen LogP contribution in [0, 0.1) is 0 Å². The minimum Gasteiger partial charge on any atom is -0.375 e. The number of carbonyl (C=O) groups is 2. The predicted octanol–water partition coefficient (Wildman–Crippen LogP) is 2.74. The Labute approximate surface area is 156 Å². The fourth-order valence-electron chi connectivity index (χ4n) is 2.48. The van der Waals surface area contributed by atoms with E-state index in [1.165, 1.54) is 11.3 Å². The van der Waals surface area contributed by atoms with E-state index in [0.29, 0.717) is 29.4 Å². The first-order valence-electron chi connectivity index (χ1n) is 7.74. The Morgan fingerprint density at radius 2 is 1.84 bits per heavy atom. The molecule has 1 aromatic heterocycles.